The van der Waals surface area contributed by atoms with Gasteiger partial charge in [-0.15, -0.1) is 0 Å². The van der Waals surface area contributed by atoms with Crippen molar-refractivity contribution >= 4 is 29.5 Å². The van der Waals surface area contributed by atoms with Gasteiger partial charge in [-0.05, 0) is 42.0 Å². The molecule has 0 spiro atoms. The maximum absolute atomic E-state index is 10.7. The molecule has 0 amide bonds. The van der Waals surface area contributed by atoms with Gasteiger partial charge < -0.3 is 5.11 Å². The van der Waals surface area contributed by atoms with Crippen molar-refractivity contribution in [2.24, 2.45) is 4.99 Å². The number of halogens is 1. The Bertz CT molecular complexity index is 591. The molecule has 4 heteroatoms. The Hall–Kier alpha value is -2.13. The highest BCUT2D eigenvalue weighted by atomic mass is 35.5. The van der Waals surface area contributed by atoms with Gasteiger partial charge in [0.15, 0.2) is 0 Å². The zero-order chi connectivity index (χ0) is 13.0. The van der Waals surface area contributed by atoms with Gasteiger partial charge in [0.25, 0.3) is 0 Å². The lowest BCUT2D eigenvalue weighted by Crippen LogP contribution is -1.94. The van der Waals surface area contributed by atoms with Crippen LogP contribution in [-0.4, -0.2) is 17.3 Å². The third-order valence-corrected chi connectivity index (χ3v) is 2.56. The van der Waals surface area contributed by atoms with E-state index in [0.717, 1.165) is 5.56 Å². The molecule has 0 radical (unpaired) electrons. The summed E-state index contributed by atoms with van der Waals surface area (Å²) in [4.78, 5) is 14.9. The molecule has 1 N–H and O–H groups in total. The minimum absolute atomic E-state index is 0.247. The van der Waals surface area contributed by atoms with Crippen molar-refractivity contribution in [1.82, 2.24) is 0 Å². The second-order valence-corrected chi connectivity index (χ2v) is 4.10. The summed E-state index contributed by atoms with van der Waals surface area (Å²) >= 11 is 5.86. The topological polar surface area (TPSA) is 49.7 Å². The second kappa shape index (κ2) is 5.47. The number of hydrogen-bond acceptors (Lipinski definition) is 2. The van der Waals surface area contributed by atoms with Crippen LogP contribution in [0.5, 0.6) is 0 Å². The molecule has 0 fully saturated rings. The summed E-state index contributed by atoms with van der Waals surface area (Å²) in [7, 11) is 0. The summed E-state index contributed by atoms with van der Waals surface area (Å²) in [5.74, 6) is -0.944. The van der Waals surface area contributed by atoms with E-state index in [0.29, 0.717) is 10.7 Å². The summed E-state index contributed by atoms with van der Waals surface area (Å²) < 4.78 is 0. The zero-order valence-corrected chi connectivity index (χ0v) is 10.1. The summed E-state index contributed by atoms with van der Waals surface area (Å²) in [6.45, 7) is 0. The van der Waals surface area contributed by atoms with Crippen LogP contribution in [0.3, 0.4) is 0 Å². The van der Waals surface area contributed by atoms with E-state index in [-0.39, 0.29) is 5.56 Å². The molecule has 0 heterocycles. The Labute approximate surface area is 109 Å². The molecule has 2 aromatic rings. The molecule has 0 unspecified atom stereocenters. The molecular weight excluding hydrogens is 250 g/mol. The van der Waals surface area contributed by atoms with Gasteiger partial charge in [-0.2, -0.15) is 0 Å². The molecule has 0 aliphatic carbocycles. The zero-order valence-electron chi connectivity index (χ0n) is 9.38. The van der Waals surface area contributed by atoms with Gasteiger partial charge in [-0.3, -0.25) is 4.99 Å². The van der Waals surface area contributed by atoms with Gasteiger partial charge in [-0.1, -0.05) is 23.7 Å². The first-order chi connectivity index (χ1) is 8.65. The van der Waals surface area contributed by atoms with E-state index in [9.17, 15) is 4.79 Å². The van der Waals surface area contributed by atoms with Crippen LogP contribution in [0.15, 0.2) is 53.5 Å². The molecule has 90 valence electrons. The number of aromatic carboxylic acids is 1. The monoisotopic (exact) mass is 259 g/mol. The van der Waals surface area contributed by atoms with Crippen LogP contribution in [0.25, 0.3) is 0 Å². The highest BCUT2D eigenvalue weighted by Crippen LogP contribution is 2.14. The van der Waals surface area contributed by atoms with Crippen molar-refractivity contribution in [3.63, 3.8) is 0 Å². The Morgan fingerprint density at radius 1 is 1.17 bits per heavy atom. The van der Waals surface area contributed by atoms with E-state index in [1.807, 2.05) is 12.1 Å². The Kier molecular flexibility index (Phi) is 3.75. The standard InChI is InChI=1S/C14H10ClNO2/c15-12-3-1-2-10(8-12)9-16-13-6-4-11(5-7-13)14(17)18/h1-9H,(H,17,18). The van der Waals surface area contributed by atoms with Crippen molar-refractivity contribution in [2.75, 3.05) is 0 Å². The van der Waals surface area contributed by atoms with Gasteiger partial charge in [-0.25, -0.2) is 4.79 Å². The number of rotatable bonds is 3. The second-order valence-electron chi connectivity index (χ2n) is 3.67. The fourth-order valence-electron chi connectivity index (χ4n) is 1.43. The van der Waals surface area contributed by atoms with Crippen LogP contribution < -0.4 is 0 Å². The van der Waals surface area contributed by atoms with Crippen molar-refractivity contribution in [3.8, 4) is 0 Å². The minimum Gasteiger partial charge on any atom is -0.478 e. The number of aliphatic imine (C=N–C) groups is 1. The van der Waals surface area contributed by atoms with Crippen molar-refractivity contribution in [3.05, 3.63) is 64.7 Å². The van der Waals surface area contributed by atoms with Gasteiger partial charge in [0.2, 0.25) is 0 Å². The highest BCUT2D eigenvalue weighted by Gasteiger charge is 2.00. The van der Waals surface area contributed by atoms with E-state index < -0.39 is 5.97 Å². The molecule has 0 aliphatic rings. The van der Waals surface area contributed by atoms with Crippen molar-refractivity contribution in [2.45, 2.75) is 0 Å². The Balaban J connectivity index is 2.16. The predicted octanol–water partition coefficient (Wildman–Crippen LogP) is 3.79. The molecule has 0 aromatic heterocycles. The molecule has 0 saturated heterocycles. The Morgan fingerprint density at radius 3 is 2.50 bits per heavy atom. The van der Waals surface area contributed by atoms with Crippen LogP contribution in [0.2, 0.25) is 5.02 Å². The number of carboxylic acid groups (broad SMARTS) is 1. The molecule has 18 heavy (non-hydrogen) atoms. The van der Waals surface area contributed by atoms with Gasteiger partial charge >= 0.3 is 5.97 Å². The number of carbonyl (C=O) groups is 1. The third kappa shape index (κ3) is 3.18. The van der Waals surface area contributed by atoms with Gasteiger partial charge in [0.1, 0.15) is 0 Å². The van der Waals surface area contributed by atoms with E-state index in [1.165, 1.54) is 12.1 Å². The third-order valence-electron chi connectivity index (χ3n) is 2.33. The average Bonchev–Trinajstić information content (AvgIpc) is 2.37. The van der Waals surface area contributed by atoms with Gasteiger partial charge in [0, 0.05) is 11.2 Å². The van der Waals surface area contributed by atoms with E-state index in [1.54, 1.807) is 30.5 Å². The van der Waals surface area contributed by atoms with Crippen LogP contribution in [0.4, 0.5) is 5.69 Å². The predicted molar refractivity (Wildman–Crippen MR) is 72.1 cm³/mol. The summed E-state index contributed by atoms with van der Waals surface area (Å²) in [5, 5.41) is 9.41. The first kappa shape index (κ1) is 12.3. The van der Waals surface area contributed by atoms with Crippen LogP contribution in [0, 0.1) is 0 Å². The average molecular weight is 260 g/mol. The van der Waals surface area contributed by atoms with Crippen LogP contribution in [0.1, 0.15) is 15.9 Å². The van der Waals surface area contributed by atoms with E-state index in [2.05, 4.69) is 4.99 Å². The quantitative estimate of drug-likeness (QED) is 0.853. The lowest BCUT2D eigenvalue weighted by molar-refractivity contribution is 0.0697. The maximum atomic E-state index is 10.7. The van der Waals surface area contributed by atoms with Crippen LogP contribution >= 0.6 is 11.6 Å². The number of benzene rings is 2. The van der Waals surface area contributed by atoms with E-state index >= 15 is 0 Å². The minimum atomic E-state index is -0.944. The summed E-state index contributed by atoms with van der Waals surface area (Å²) in [6, 6.07) is 13.7. The van der Waals surface area contributed by atoms with Crippen LogP contribution in [-0.2, 0) is 0 Å². The largest absolute Gasteiger partial charge is 0.478 e. The molecule has 0 aliphatic heterocycles. The van der Waals surface area contributed by atoms with Gasteiger partial charge in [0.05, 0.1) is 11.3 Å². The molecule has 0 bridgehead atoms. The highest BCUT2D eigenvalue weighted by molar-refractivity contribution is 6.30. The maximum Gasteiger partial charge on any atom is 0.335 e. The molecule has 0 atom stereocenters. The number of nitrogens with zero attached hydrogens (tertiary/aromatic N) is 1. The van der Waals surface area contributed by atoms with Crippen molar-refractivity contribution in [1.29, 1.82) is 0 Å². The molecular formula is C14H10ClNO2. The molecule has 2 rings (SSSR count). The fourth-order valence-corrected chi connectivity index (χ4v) is 1.62. The number of carboxylic acids is 1. The lowest BCUT2D eigenvalue weighted by atomic mass is 10.2. The first-order valence-electron chi connectivity index (χ1n) is 5.28. The van der Waals surface area contributed by atoms with Crippen molar-refractivity contribution < 1.29 is 9.90 Å². The lowest BCUT2D eigenvalue weighted by Gasteiger charge is -1.96. The summed E-state index contributed by atoms with van der Waals surface area (Å²) in [5.41, 5.74) is 1.83. The SMILES string of the molecule is O=C(O)c1ccc(N=Cc2cccc(Cl)c2)cc1. The molecule has 2 aromatic carbocycles. The molecule has 3 nitrogen and oxygen atoms in total. The fraction of sp³-hybridized carbons (Fsp3) is 0. The first-order valence-corrected chi connectivity index (χ1v) is 5.66. The molecule has 0 saturated carbocycles. The van der Waals surface area contributed by atoms with E-state index in [4.69, 9.17) is 16.7 Å². The summed E-state index contributed by atoms with van der Waals surface area (Å²) in [6.07, 6.45) is 1.68. The normalized spacial score (nSPS) is 10.7. The smallest absolute Gasteiger partial charge is 0.335 e. The number of hydrogen-bond donors (Lipinski definition) is 1. The Morgan fingerprint density at radius 2 is 1.89 bits per heavy atom.